The van der Waals surface area contributed by atoms with E-state index in [1.807, 2.05) is 67.6 Å². The Balaban J connectivity index is 1.66. The lowest BCUT2D eigenvalue weighted by Gasteiger charge is -2.20. The first-order chi connectivity index (χ1) is 17.9. The average Bonchev–Trinajstić information content (AvgIpc) is 2.90. The first kappa shape index (κ1) is 28.0. The number of pyridine rings is 1. The molecule has 0 radical (unpaired) electrons. The molecule has 2 aromatic carbocycles. The summed E-state index contributed by atoms with van der Waals surface area (Å²) in [5.74, 6) is -1.10. The number of carbonyl (C=O) groups is 3. The van der Waals surface area contributed by atoms with Crippen LogP contribution in [-0.2, 0) is 20.8 Å². The van der Waals surface area contributed by atoms with Crippen LogP contribution in [0.2, 0.25) is 0 Å². The fourth-order valence-electron chi connectivity index (χ4n) is 3.93. The molecule has 0 saturated heterocycles. The molecule has 8 N–H and O–H groups in total. The summed E-state index contributed by atoms with van der Waals surface area (Å²) in [7, 11) is 0. The third kappa shape index (κ3) is 8.82. The molecular weight excluding hydrogens is 492 g/mol. The zero-order chi connectivity index (χ0) is 26.6. The summed E-state index contributed by atoms with van der Waals surface area (Å²) in [4.78, 5) is 44.3. The number of amides is 3. The maximum atomic E-state index is 13.2. The van der Waals surface area contributed by atoms with Gasteiger partial charge in [-0.3, -0.25) is 14.4 Å². The first-order valence-electron chi connectivity index (χ1n) is 12.4. The summed E-state index contributed by atoms with van der Waals surface area (Å²) in [6.07, 6.45) is 3.28. The van der Waals surface area contributed by atoms with E-state index in [2.05, 4.69) is 31.5 Å². The van der Waals surface area contributed by atoms with Crippen molar-refractivity contribution in [3.8, 4) is 0 Å². The molecule has 196 valence electrons. The summed E-state index contributed by atoms with van der Waals surface area (Å²) in [5, 5.41) is 9.49. The lowest BCUT2D eigenvalue weighted by atomic mass is 10.0. The van der Waals surface area contributed by atoms with Crippen LogP contribution in [0.3, 0.4) is 0 Å². The summed E-state index contributed by atoms with van der Waals surface area (Å²) in [6, 6.07) is 17.5. The van der Waals surface area contributed by atoms with E-state index in [1.54, 1.807) is 6.20 Å². The second-order valence-corrected chi connectivity index (χ2v) is 9.23. The van der Waals surface area contributed by atoms with Crippen LogP contribution in [0.15, 0.2) is 66.9 Å². The van der Waals surface area contributed by atoms with Crippen molar-refractivity contribution in [2.24, 2.45) is 0 Å². The highest BCUT2D eigenvalue weighted by Gasteiger charge is 2.28. The van der Waals surface area contributed by atoms with Crippen LogP contribution in [0.5, 0.6) is 0 Å². The van der Waals surface area contributed by atoms with Crippen molar-refractivity contribution in [1.82, 2.24) is 15.5 Å². The van der Waals surface area contributed by atoms with E-state index in [0.29, 0.717) is 31.5 Å². The van der Waals surface area contributed by atoms with Gasteiger partial charge in [0, 0.05) is 24.0 Å². The van der Waals surface area contributed by atoms with Crippen molar-refractivity contribution in [3.63, 3.8) is 0 Å². The van der Waals surface area contributed by atoms with Crippen molar-refractivity contribution < 1.29 is 25.1 Å². The van der Waals surface area contributed by atoms with Crippen molar-refractivity contribution in [1.29, 1.82) is 0 Å². The Morgan fingerprint density at radius 2 is 1.73 bits per heavy atom. The van der Waals surface area contributed by atoms with E-state index in [-0.39, 0.29) is 24.3 Å². The molecule has 1 heterocycles. The number of carbonyl (C=O) groups excluding carboxylic acids is 3. The molecule has 0 bridgehead atoms. The van der Waals surface area contributed by atoms with Crippen LogP contribution in [0.4, 0.5) is 5.69 Å². The smallest absolute Gasteiger partial charge is 0.279 e. The van der Waals surface area contributed by atoms with Gasteiger partial charge in [0.2, 0.25) is 17.3 Å². The Hall–Kier alpha value is -3.53. The molecule has 0 saturated carbocycles. The monoisotopic (exact) mass is 526 g/mol. The number of aromatic amines is 1. The zero-order valence-corrected chi connectivity index (χ0v) is 21.7. The fourth-order valence-corrected chi connectivity index (χ4v) is 4.11. The van der Waals surface area contributed by atoms with Crippen LogP contribution >= 0.6 is 11.8 Å². The Morgan fingerprint density at radius 1 is 1.00 bits per heavy atom. The Kier molecular flexibility index (Phi) is 10.8. The number of quaternary nitrogens is 1. The predicted octanol–water partition coefficient (Wildman–Crippen LogP) is 1.35. The number of para-hydroxylation sites is 1. The van der Waals surface area contributed by atoms with E-state index in [1.165, 1.54) is 0 Å². The van der Waals surface area contributed by atoms with Gasteiger partial charge in [-0.15, -0.1) is 0 Å². The highest BCUT2D eigenvalue weighted by molar-refractivity contribution is 6.13. The van der Waals surface area contributed by atoms with Crippen LogP contribution in [-0.4, -0.2) is 42.4 Å². The molecule has 0 aliphatic heterocycles. The molecule has 3 atom stereocenters. The summed E-state index contributed by atoms with van der Waals surface area (Å²) >= 11 is 5.54. The average molecular weight is 527 g/mol. The van der Waals surface area contributed by atoms with Crippen molar-refractivity contribution in [3.05, 3.63) is 72.4 Å². The van der Waals surface area contributed by atoms with Crippen molar-refractivity contribution in [2.75, 3.05) is 11.9 Å². The minimum Gasteiger partial charge on any atom is -0.352 e. The number of nitrogens with one attached hydrogen (secondary N) is 5. The van der Waals surface area contributed by atoms with Gasteiger partial charge < -0.3 is 21.7 Å². The van der Waals surface area contributed by atoms with E-state index in [0.717, 1.165) is 16.5 Å². The van der Waals surface area contributed by atoms with Crippen molar-refractivity contribution >= 4 is 46.1 Å². The van der Waals surface area contributed by atoms with Gasteiger partial charge >= 0.3 is 0 Å². The fraction of sp³-hybridized carbons (Fsp3) is 0.333. The Labute approximate surface area is 221 Å². The zero-order valence-electron chi connectivity index (χ0n) is 20.9. The highest BCUT2D eigenvalue weighted by atomic mass is 35.5. The first-order valence-corrected chi connectivity index (χ1v) is 12.8. The molecule has 0 spiro atoms. The molecule has 1 unspecified atom stereocenters. The third-order valence-electron chi connectivity index (χ3n) is 6.10. The van der Waals surface area contributed by atoms with Gasteiger partial charge in [-0.25, -0.2) is 9.82 Å². The SMILES string of the molecule is CCC(CNCl)NC(=O)C[C@H]([NH3+])C(=O)N[C@H](CCc1ccccc1)C(=O)Nc1c[nH+]c2ccccc2c1. The minimum atomic E-state index is -0.859. The topological polar surface area (TPSA) is 141 Å². The molecule has 0 aliphatic carbocycles. The molecule has 3 rings (SSSR count). The maximum absolute atomic E-state index is 13.2. The number of halogens is 1. The largest absolute Gasteiger partial charge is 0.352 e. The molecule has 0 aliphatic rings. The van der Waals surface area contributed by atoms with Gasteiger partial charge in [-0.05, 0) is 48.7 Å². The predicted molar refractivity (Wildman–Crippen MR) is 143 cm³/mol. The number of anilines is 1. The van der Waals surface area contributed by atoms with Crippen LogP contribution in [0, 0.1) is 0 Å². The van der Waals surface area contributed by atoms with E-state index >= 15 is 0 Å². The second kappa shape index (κ2) is 14.3. The molecule has 3 aromatic rings. The number of benzene rings is 2. The number of rotatable bonds is 13. The normalized spacial score (nSPS) is 13.4. The number of aryl methyl sites for hydroxylation is 1. The second-order valence-electron chi connectivity index (χ2n) is 8.96. The van der Waals surface area contributed by atoms with Gasteiger partial charge in [-0.1, -0.05) is 49.4 Å². The Bertz CT molecular complexity index is 1190. The van der Waals surface area contributed by atoms with Crippen LogP contribution in [0.1, 0.15) is 31.7 Å². The molecule has 1 aromatic heterocycles. The van der Waals surface area contributed by atoms with Crippen LogP contribution in [0.25, 0.3) is 10.9 Å². The minimum absolute atomic E-state index is 0.0999. The number of fused-ring (bicyclic) bond motifs is 1. The summed E-state index contributed by atoms with van der Waals surface area (Å²) in [6.45, 7) is 2.34. The van der Waals surface area contributed by atoms with E-state index in [9.17, 15) is 14.4 Å². The number of H-pyrrole nitrogens is 1. The summed E-state index contributed by atoms with van der Waals surface area (Å²) < 4.78 is 0. The molecule has 9 nitrogen and oxygen atoms in total. The lowest BCUT2D eigenvalue weighted by molar-refractivity contribution is -0.402. The van der Waals surface area contributed by atoms with E-state index < -0.39 is 18.0 Å². The standard InChI is InChI=1S/C27H33ClN6O3/c1-2-20(17-31-28)32-25(35)15-22(29)26(36)34-24(13-12-18-8-4-3-5-9-18)27(37)33-21-14-19-10-6-7-11-23(19)30-16-21/h3-11,14,16,20,22,24,31H,2,12-13,15,17,29H2,1H3,(H,32,35)(H,33,37)(H,34,36)/p+2/t20?,22-,24+/m0/s1. The van der Waals surface area contributed by atoms with E-state index in [4.69, 9.17) is 11.8 Å². The number of aromatic nitrogens is 1. The number of hydrogen-bond donors (Lipinski definition) is 5. The maximum Gasteiger partial charge on any atom is 0.279 e. The molecular formula is C27H35ClN6O3+2. The van der Waals surface area contributed by atoms with Gasteiger partial charge in [0.15, 0.2) is 12.2 Å². The van der Waals surface area contributed by atoms with Crippen molar-refractivity contribution in [2.45, 2.75) is 50.7 Å². The molecule has 10 heteroatoms. The highest BCUT2D eigenvalue weighted by Crippen LogP contribution is 2.14. The van der Waals surface area contributed by atoms with Gasteiger partial charge in [-0.2, -0.15) is 0 Å². The third-order valence-corrected chi connectivity index (χ3v) is 6.26. The molecule has 0 fully saturated rings. The Morgan fingerprint density at radius 3 is 2.46 bits per heavy atom. The van der Waals surface area contributed by atoms with Gasteiger partial charge in [0.05, 0.1) is 6.42 Å². The van der Waals surface area contributed by atoms with Crippen LogP contribution < -0.4 is 31.5 Å². The number of hydrogen-bond acceptors (Lipinski definition) is 4. The molecule has 3 amide bonds. The molecule has 37 heavy (non-hydrogen) atoms. The van der Waals surface area contributed by atoms with Gasteiger partial charge in [0.1, 0.15) is 11.7 Å². The lowest BCUT2D eigenvalue weighted by Crippen LogP contribution is -2.69. The summed E-state index contributed by atoms with van der Waals surface area (Å²) in [5.41, 5.74) is 6.44. The van der Waals surface area contributed by atoms with Gasteiger partial charge in [0.25, 0.3) is 5.91 Å². The quantitative estimate of drug-likeness (QED) is 0.214.